The summed E-state index contributed by atoms with van der Waals surface area (Å²) >= 11 is 0. The van der Waals surface area contributed by atoms with Crippen LogP contribution in [0.2, 0.25) is 0 Å². The van der Waals surface area contributed by atoms with Gasteiger partial charge in [0.25, 0.3) is 0 Å². The van der Waals surface area contributed by atoms with Crippen LogP contribution in [0.5, 0.6) is 5.75 Å². The number of carbonyl (C=O) groups excluding carboxylic acids is 1. The zero-order valence-corrected chi connectivity index (χ0v) is 15.6. The van der Waals surface area contributed by atoms with Gasteiger partial charge in [-0.05, 0) is 46.7 Å². The summed E-state index contributed by atoms with van der Waals surface area (Å²) in [6.45, 7) is 11.4. The highest BCUT2D eigenvalue weighted by molar-refractivity contribution is 5.88. The Labute approximate surface area is 145 Å². The Balaban J connectivity index is 2.12. The number of methoxy groups -OCH3 is 1. The molecule has 0 fully saturated rings. The number of fused-ring (bicyclic) bond motifs is 1. The van der Waals surface area contributed by atoms with Crippen molar-refractivity contribution < 1.29 is 9.53 Å². The predicted octanol–water partition coefficient (Wildman–Crippen LogP) is 4.75. The molecule has 1 atom stereocenters. The Hall–Kier alpha value is -2.03. The number of benzene rings is 2. The molecule has 0 heterocycles. The Bertz CT molecular complexity index is 719. The molecule has 0 aliphatic heterocycles. The summed E-state index contributed by atoms with van der Waals surface area (Å²) in [4.78, 5) is 12.5. The summed E-state index contributed by atoms with van der Waals surface area (Å²) in [6.07, 6.45) is 0. The highest BCUT2D eigenvalue weighted by Crippen LogP contribution is 2.27. The second kappa shape index (κ2) is 7.25. The zero-order chi connectivity index (χ0) is 17.9. The van der Waals surface area contributed by atoms with Gasteiger partial charge in [0.2, 0.25) is 5.91 Å². The van der Waals surface area contributed by atoms with Gasteiger partial charge in [-0.1, -0.05) is 52.0 Å². The van der Waals surface area contributed by atoms with Gasteiger partial charge in [-0.25, -0.2) is 0 Å². The van der Waals surface area contributed by atoms with E-state index in [9.17, 15) is 4.79 Å². The highest BCUT2D eigenvalue weighted by Gasteiger charge is 2.24. The molecular formula is C21H29NO2. The van der Waals surface area contributed by atoms with E-state index in [2.05, 4.69) is 45.1 Å². The lowest BCUT2D eigenvalue weighted by molar-refractivity contribution is -0.122. The maximum atomic E-state index is 12.5. The quantitative estimate of drug-likeness (QED) is 0.831. The SMILES string of the molecule is COc1ccc2cc([C@H](C)C(=O)NCC(C)(C)C(C)C)ccc2c1. The van der Waals surface area contributed by atoms with Crippen molar-refractivity contribution in [1.29, 1.82) is 0 Å². The number of amides is 1. The van der Waals surface area contributed by atoms with E-state index < -0.39 is 0 Å². The lowest BCUT2D eigenvalue weighted by atomic mass is 9.81. The average Bonchev–Trinajstić information content (AvgIpc) is 2.57. The van der Waals surface area contributed by atoms with E-state index in [-0.39, 0.29) is 17.2 Å². The minimum absolute atomic E-state index is 0.0802. The summed E-state index contributed by atoms with van der Waals surface area (Å²) in [7, 11) is 1.67. The number of nitrogens with one attached hydrogen (secondary N) is 1. The van der Waals surface area contributed by atoms with Crippen molar-refractivity contribution >= 4 is 16.7 Å². The summed E-state index contributed by atoms with van der Waals surface area (Å²) in [5.74, 6) is 1.27. The Kier molecular flexibility index (Phi) is 5.53. The van der Waals surface area contributed by atoms with E-state index in [0.717, 1.165) is 22.1 Å². The Morgan fingerprint density at radius 2 is 1.71 bits per heavy atom. The molecule has 2 rings (SSSR count). The van der Waals surface area contributed by atoms with Gasteiger partial charge in [-0.2, -0.15) is 0 Å². The fourth-order valence-electron chi connectivity index (χ4n) is 2.46. The first-order valence-electron chi connectivity index (χ1n) is 8.60. The van der Waals surface area contributed by atoms with Gasteiger partial charge in [0.1, 0.15) is 5.75 Å². The average molecular weight is 327 g/mol. The topological polar surface area (TPSA) is 38.3 Å². The highest BCUT2D eigenvalue weighted by atomic mass is 16.5. The number of hydrogen-bond donors (Lipinski definition) is 1. The second-order valence-corrected chi connectivity index (χ2v) is 7.56. The summed E-state index contributed by atoms with van der Waals surface area (Å²) in [5.41, 5.74) is 1.13. The fourth-order valence-corrected chi connectivity index (χ4v) is 2.46. The molecule has 24 heavy (non-hydrogen) atoms. The van der Waals surface area contributed by atoms with E-state index >= 15 is 0 Å². The van der Waals surface area contributed by atoms with Crippen LogP contribution >= 0.6 is 0 Å². The summed E-state index contributed by atoms with van der Waals surface area (Å²) in [6, 6.07) is 12.2. The van der Waals surface area contributed by atoms with Crippen molar-refractivity contribution in [1.82, 2.24) is 5.32 Å². The molecule has 0 aliphatic carbocycles. The summed E-state index contributed by atoms with van der Waals surface area (Å²) < 4.78 is 5.26. The first kappa shape index (κ1) is 18.3. The molecule has 2 aromatic carbocycles. The number of rotatable bonds is 6. The zero-order valence-electron chi connectivity index (χ0n) is 15.6. The predicted molar refractivity (Wildman–Crippen MR) is 101 cm³/mol. The van der Waals surface area contributed by atoms with Crippen molar-refractivity contribution in [3.8, 4) is 5.75 Å². The normalized spacial score (nSPS) is 13.1. The van der Waals surface area contributed by atoms with Crippen molar-refractivity contribution in [3.63, 3.8) is 0 Å². The van der Waals surface area contributed by atoms with E-state index in [4.69, 9.17) is 4.74 Å². The lowest BCUT2D eigenvalue weighted by Crippen LogP contribution is -2.38. The minimum atomic E-state index is -0.167. The number of ether oxygens (including phenoxy) is 1. The van der Waals surface area contributed by atoms with Crippen LogP contribution in [0.1, 0.15) is 46.1 Å². The minimum Gasteiger partial charge on any atom is -0.497 e. The lowest BCUT2D eigenvalue weighted by Gasteiger charge is -2.30. The first-order chi connectivity index (χ1) is 11.2. The van der Waals surface area contributed by atoms with Gasteiger partial charge in [0.05, 0.1) is 13.0 Å². The standard InChI is InChI=1S/C21H29NO2/c1-14(2)21(4,5)13-22-20(23)15(3)16-7-8-18-12-19(24-6)10-9-17(18)11-16/h7-12,14-15H,13H2,1-6H3,(H,22,23)/t15-/m0/s1. The Morgan fingerprint density at radius 1 is 1.08 bits per heavy atom. The van der Waals surface area contributed by atoms with E-state index in [0.29, 0.717) is 12.5 Å². The molecule has 0 radical (unpaired) electrons. The third-order valence-electron chi connectivity index (χ3n) is 5.25. The van der Waals surface area contributed by atoms with Crippen LogP contribution in [0.15, 0.2) is 36.4 Å². The molecule has 0 aromatic heterocycles. The molecule has 3 nitrogen and oxygen atoms in total. The molecule has 0 spiro atoms. The van der Waals surface area contributed by atoms with Gasteiger partial charge in [0, 0.05) is 6.54 Å². The molecule has 0 unspecified atom stereocenters. The Morgan fingerprint density at radius 3 is 2.33 bits per heavy atom. The van der Waals surface area contributed by atoms with Crippen LogP contribution in [0.4, 0.5) is 0 Å². The van der Waals surface area contributed by atoms with E-state index in [1.54, 1.807) is 7.11 Å². The molecule has 0 saturated heterocycles. The number of carbonyl (C=O) groups is 1. The van der Waals surface area contributed by atoms with Crippen molar-refractivity contribution in [3.05, 3.63) is 42.0 Å². The molecule has 1 amide bonds. The third kappa shape index (κ3) is 4.08. The molecule has 3 heteroatoms. The molecule has 1 N–H and O–H groups in total. The van der Waals surface area contributed by atoms with E-state index in [1.807, 2.05) is 31.2 Å². The maximum absolute atomic E-state index is 12.5. The molecule has 0 aliphatic rings. The molecule has 0 saturated carbocycles. The van der Waals surface area contributed by atoms with Gasteiger partial charge in [-0.15, -0.1) is 0 Å². The van der Waals surface area contributed by atoms with Gasteiger partial charge in [-0.3, -0.25) is 4.79 Å². The second-order valence-electron chi connectivity index (χ2n) is 7.56. The summed E-state index contributed by atoms with van der Waals surface area (Å²) in [5, 5.41) is 5.35. The largest absolute Gasteiger partial charge is 0.497 e. The van der Waals surface area contributed by atoms with E-state index in [1.165, 1.54) is 0 Å². The van der Waals surface area contributed by atoms with Crippen molar-refractivity contribution in [2.24, 2.45) is 11.3 Å². The smallest absolute Gasteiger partial charge is 0.227 e. The van der Waals surface area contributed by atoms with Gasteiger partial charge >= 0.3 is 0 Å². The van der Waals surface area contributed by atoms with Crippen LogP contribution in [0.3, 0.4) is 0 Å². The molecule has 0 bridgehead atoms. The van der Waals surface area contributed by atoms with Crippen LogP contribution in [-0.4, -0.2) is 19.6 Å². The van der Waals surface area contributed by atoms with Crippen LogP contribution in [0.25, 0.3) is 10.8 Å². The van der Waals surface area contributed by atoms with Crippen LogP contribution < -0.4 is 10.1 Å². The molecule has 130 valence electrons. The maximum Gasteiger partial charge on any atom is 0.227 e. The van der Waals surface area contributed by atoms with Crippen LogP contribution in [0, 0.1) is 11.3 Å². The molecular weight excluding hydrogens is 298 g/mol. The van der Waals surface area contributed by atoms with Gasteiger partial charge < -0.3 is 10.1 Å². The van der Waals surface area contributed by atoms with Crippen LogP contribution in [-0.2, 0) is 4.79 Å². The first-order valence-corrected chi connectivity index (χ1v) is 8.60. The van der Waals surface area contributed by atoms with Crippen molar-refractivity contribution in [2.45, 2.75) is 40.5 Å². The molecule has 2 aromatic rings. The van der Waals surface area contributed by atoms with Crippen molar-refractivity contribution in [2.75, 3.05) is 13.7 Å². The fraction of sp³-hybridized carbons (Fsp3) is 0.476. The monoisotopic (exact) mass is 327 g/mol. The van der Waals surface area contributed by atoms with Gasteiger partial charge in [0.15, 0.2) is 0 Å². The number of hydrogen-bond acceptors (Lipinski definition) is 2. The third-order valence-corrected chi connectivity index (χ3v) is 5.25.